The van der Waals surface area contributed by atoms with Crippen molar-refractivity contribution < 1.29 is 28.6 Å². The van der Waals surface area contributed by atoms with E-state index in [1.807, 2.05) is 0 Å². The second-order valence-electron chi connectivity index (χ2n) is 20.2. The van der Waals surface area contributed by atoms with Crippen LogP contribution in [0.4, 0.5) is 0 Å². The lowest BCUT2D eigenvalue weighted by molar-refractivity contribution is -0.167. The number of allylic oxidation sites excluding steroid dienone is 8. The molecule has 69 heavy (non-hydrogen) atoms. The van der Waals surface area contributed by atoms with Crippen molar-refractivity contribution in [1.29, 1.82) is 0 Å². The van der Waals surface area contributed by atoms with E-state index in [0.29, 0.717) is 19.3 Å². The van der Waals surface area contributed by atoms with Crippen LogP contribution in [0.15, 0.2) is 48.6 Å². The Morgan fingerprint density at radius 3 is 0.884 bits per heavy atom. The first-order valence-electron chi connectivity index (χ1n) is 30.1. The van der Waals surface area contributed by atoms with Gasteiger partial charge in [0.05, 0.1) is 0 Å². The second kappa shape index (κ2) is 57.9. The summed E-state index contributed by atoms with van der Waals surface area (Å²) in [6.45, 7) is 6.55. The van der Waals surface area contributed by atoms with Crippen LogP contribution in [0.5, 0.6) is 0 Å². The molecule has 0 saturated carbocycles. The van der Waals surface area contributed by atoms with Crippen molar-refractivity contribution in [2.24, 2.45) is 0 Å². The molecule has 1 unspecified atom stereocenters. The first kappa shape index (κ1) is 66.4. The van der Waals surface area contributed by atoms with E-state index in [2.05, 4.69) is 69.4 Å². The minimum absolute atomic E-state index is 0.0667. The van der Waals surface area contributed by atoms with Crippen LogP contribution in [0.1, 0.15) is 316 Å². The van der Waals surface area contributed by atoms with Crippen LogP contribution >= 0.6 is 0 Å². The van der Waals surface area contributed by atoms with Gasteiger partial charge in [0.25, 0.3) is 0 Å². The molecule has 0 aromatic carbocycles. The lowest BCUT2D eigenvalue weighted by atomic mass is 10.0. The summed E-state index contributed by atoms with van der Waals surface area (Å²) in [7, 11) is 0. The van der Waals surface area contributed by atoms with Gasteiger partial charge in [-0.3, -0.25) is 14.4 Å². The van der Waals surface area contributed by atoms with E-state index >= 15 is 0 Å². The van der Waals surface area contributed by atoms with E-state index in [-0.39, 0.29) is 31.1 Å². The minimum Gasteiger partial charge on any atom is -0.462 e. The highest BCUT2D eigenvalue weighted by atomic mass is 16.6. The van der Waals surface area contributed by atoms with Gasteiger partial charge in [-0.2, -0.15) is 0 Å². The van der Waals surface area contributed by atoms with Gasteiger partial charge in [0.15, 0.2) is 6.10 Å². The SMILES string of the molecule is CC/C=C\C/C=C\C/C=C\C/C=C\CCCCCCCCCCCCCCCCCCC(=O)OCC(COC(=O)CCCCCCCCCCCCC)OC(=O)CCCCCCCCCCCCC. The predicted octanol–water partition coefficient (Wildman–Crippen LogP) is 20.2. The molecule has 0 aliphatic heterocycles. The smallest absolute Gasteiger partial charge is 0.306 e. The fourth-order valence-corrected chi connectivity index (χ4v) is 8.85. The molecule has 0 spiro atoms. The van der Waals surface area contributed by atoms with Crippen LogP contribution in [0.3, 0.4) is 0 Å². The Labute approximate surface area is 428 Å². The van der Waals surface area contributed by atoms with Gasteiger partial charge in [0.2, 0.25) is 0 Å². The zero-order chi connectivity index (χ0) is 50.0. The third-order valence-electron chi connectivity index (χ3n) is 13.3. The van der Waals surface area contributed by atoms with Crippen molar-refractivity contribution in [3.05, 3.63) is 48.6 Å². The summed E-state index contributed by atoms with van der Waals surface area (Å²) in [6.07, 6.45) is 71.3. The molecule has 0 aromatic heterocycles. The molecule has 0 amide bonds. The summed E-state index contributed by atoms with van der Waals surface area (Å²) < 4.78 is 16.8. The largest absolute Gasteiger partial charge is 0.462 e. The first-order chi connectivity index (χ1) is 34.0. The number of esters is 3. The van der Waals surface area contributed by atoms with E-state index in [4.69, 9.17) is 14.2 Å². The van der Waals surface area contributed by atoms with Gasteiger partial charge >= 0.3 is 17.9 Å². The number of hydrogen-bond acceptors (Lipinski definition) is 6. The third-order valence-corrected chi connectivity index (χ3v) is 13.3. The summed E-state index contributed by atoms with van der Waals surface area (Å²) >= 11 is 0. The minimum atomic E-state index is -0.766. The Morgan fingerprint density at radius 2 is 0.565 bits per heavy atom. The molecule has 6 heteroatoms. The average Bonchev–Trinajstić information content (AvgIpc) is 3.35. The Bertz CT molecular complexity index is 1200. The number of hydrogen-bond donors (Lipinski definition) is 0. The summed E-state index contributed by atoms with van der Waals surface area (Å²) in [5, 5.41) is 0. The normalized spacial score (nSPS) is 12.3. The zero-order valence-corrected chi connectivity index (χ0v) is 46.1. The fraction of sp³-hybridized carbons (Fsp3) is 0.825. The Balaban J connectivity index is 4.08. The number of ether oxygens (including phenoxy) is 3. The predicted molar refractivity (Wildman–Crippen MR) is 298 cm³/mol. The van der Waals surface area contributed by atoms with Crippen LogP contribution in [-0.4, -0.2) is 37.2 Å². The number of carbonyl (C=O) groups excluding carboxylic acids is 3. The molecule has 1 atom stereocenters. The number of unbranched alkanes of at least 4 members (excludes halogenated alkanes) is 36. The Hall–Kier alpha value is -2.63. The summed E-state index contributed by atoms with van der Waals surface area (Å²) in [5.74, 6) is -0.851. The van der Waals surface area contributed by atoms with E-state index in [1.54, 1.807) is 0 Å². The van der Waals surface area contributed by atoms with Gasteiger partial charge in [-0.05, 0) is 57.8 Å². The van der Waals surface area contributed by atoms with Crippen molar-refractivity contribution in [2.75, 3.05) is 13.2 Å². The molecule has 0 aromatic rings. The second-order valence-corrected chi connectivity index (χ2v) is 20.2. The summed E-state index contributed by atoms with van der Waals surface area (Å²) in [6, 6.07) is 0. The summed E-state index contributed by atoms with van der Waals surface area (Å²) in [4.78, 5) is 38.0. The summed E-state index contributed by atoms with van der Waals surface area (Å²) in [5.41, 5.74) is 0. The van der Waals surface area contributed by atoms with Crippen LogP contribution < -0.4 is 0 Å². The molecule has 0 heterocycles. The first-order valence-corrected chi connectivity index (χ1v) is 30.1. The number of carbonyl (C=O) groups is 3. The zero-order valence-electron chi connectivity index (χ0n) is 46.1. The van der Waals surface area contributed by atoms with E-state index in [0.717, 1.165) is 83.5 Å². The lowest BCUT2D eigenvalue weighted by Gasteiger charge is -2.18. The highest BCUT2D eigenvalue weighted by molar-refractivity contribution is 5.71. The molecular formula is C63H114O6. The Kier molecular flexibility index (Phi) is 55.7. The maximum Gasteiger partial charge on any atom is 0.306 e. The van der Waals surface area contributed by atoms with Crippen LogP contribution in [-0.2, 0) is 28.6 Å². The van der Waals surface area contributed by atoms with Crippen molar-refractivity contribution in [3.8, 4) is 0 Å². The van der Waals surface area contributed by atoms with Crippen LogP contribution in [0, 0.1) is 0 Å². The molecule has 0 N–H and O–H groups in total. The van der Waals surface area contributed by atoms with E-state index in [9.17, 15) is 14.4 Å². The van der Waals surface area contributed by atoms with Crippen molar-refractivity contribution in [1.82, 2.24) is 0 Å². The Morgan fingerprint density at radius 1 is 0.304 bits per heavy atom. The average molecular weight is 968 g/mol. The molecule has 0 aliphatic carbocycles. The van der Waals surface area contributed by atoms with Crippen LogP contribution in [0.2, 0.25) is 0 Å². The van der Waals surface area contributed by atoms with E-state index < -0.39 is 6.10 Å². The van der Waals surface area contributed by atoms with Crippen molar-refractivity contribution in [2.45, 2.75) is 322 Å². The fourth-order valence-electron chi connectivity index (χ4n) is 8.85. The molecular weight excluding hydrogens is 853 g/mol. The standard InChI is InChI=1S/C63H114O6/c1-4-7-10-13-16-19-22-23-24-25-26-27-28-29-30-31-32-33-34-35-36-37-38-39-42-44-47-50-53-56-62(65)68-59-60(69-63(66)57-54-51-48-45-41-21-18-15-12-9-6-3)58-67-61(64)55-52-49-46-43-40-20-17-14-11-8-5-2/h7,10,16,19,23-24,26-27,60H,4-6,8-9,11-15,17-18,20-22,25,28-59H2,1-3H3/b10-7-,19-16-,24-23-,27-26-. The molecule has 0 fully saturated rings. The molecule has 0 rings (SSSR count). The van der Waals surface area contributed by atoms with Gasteiger partial charge in [-0.15, -0.1) is 0 Å². The maximum absolute atomic E-state index is 12.8. The van der Waals surface area contributed by atoms with Gasteiger partial charge < -0.3 is 14.2 Å². The van der Waals surface area contributed by atoms with Crippen LogP contribution in [0.25, 0.3) is 0 Å². The quantitative estimate of drug-likeness (QED) is 0.0262. The topological polar surface area (TPSA) is 78.9 Å². The number of rotatable bonds is 55. The van der Waals surface area contributed by atoms with Gasteiger partial charge in [0.1, 0.15) is 13.2 Å². The van der Waals surface area contributed by atoms with Crippen molar-refractivity contribution in [3.63, 3.8) is 0 Å². The molecule has 6 nitrogen and oxygen atoms in total. The monoisotopic (exact) mass is 967 g/mol. The van der Waals surface area contributed by atoms with E-state index in [1.165, 1.54) is 193 Å². The van der Waals surface area contributed by atoms with Crippen molar-refractivity contribution >= 4 is 17.9 Å². The maximum atomic E-state index is 12.8. The molecule has 0 bridgehead atoms. The van der Waals surface area contributed by atoms with Gasteiger partial charge in [-0.25, -0.2) is 0 Å². The lowest BCUT2D eigenvalue weighted by Crippen LogP contribution is -2.30. The molecule has 0 radical (unpaired) electrons. The van der Waals surface area contributed by atoms with Gasteiger partial charge in [0, 0.05) is 19.3 Å². The van der Waals surface area contributed by atoms with Gasteiger partial charge in [-0.1, -0.05) is 288 Å². The molecule has 0 aliphatic rings. The highest BCUT2D eigenvalue weighted by Crippen LogP contribution is 2.17. The highest BCUT2D eigenvalue weighted by Gasteiger charge is 2.19. The third kappa shape index (κ3) is 56.2. The molecule has 0 saturated heterocycles. The molecule has 402 valence electrons.